The van der Waals surface area contributed by atoms with Gasteiger partial charge in [0.2, 0.25) is 0 Å². The fraction of sp³-hybridized carbons (Fsp3) is 0.278. The fourth-order valence-corrected chi connectivity index (χ4v) is 2.11. The zero-order valence-corrected chi connectivity index (χ0v) is 13.2. The predicted molar refractivity (Wildman–Crippen MR) is 88.0 cm³/mol. The lowest BCUT2D eigenvalue weighted by molar-refractivity contribution is 0.237. The van der Waals surface area contributed by atoms with Gasteiger partial charge in [-0.1, -0.05) is 42.0 Å². The van der Waals surface area contributed by atoms with Crippen LogP contribution in [0.15, 0.2) is 48.5 Å². The molecule has 0 heterocycles. The molecule has 0 aliphatic carbocycles. The molecule has 0 aromatic heterocycles. The van der Waals surface area contributed by atoms with Crippen molar-refractivity contribution in [2.75, 3.05) is 7.11 Å². The van der Waals surface area contributed by atoms with Crippen LogP contribution in [-0.2, 0) is 6.54 Å². The van der Waals surface area contributed by atoms with Crippen LogP contribution in [0.3, 0.4) is 0 Å². The minimum atomic E-state index is -0.177. The first-order valence-electron chi connectivity index (χ1n) is 7.32. The lowest BCUT2D eigenvalue weighted by Crippen LogP contribution is -2.36. The van der Waals surface area contributed by atoms with E-state index in [1.807, 2.05) is 62.4 Å². The van der Waals surface area contributed by atoms with Crippen LogP contribution in [0.5, 0.6) is 5.75 Å². The molecular formula is C18H22N2O2. The van der Waals surface area contributed by atoms with Gasteiger partial charge in [-0.05, 0) is 37.1 Å². The van der Waals surface area contributed by atoms with Crippen molar-refractivity contribution in [3.63, 3.8) is 0 Å². The van der Waals surface area contributed by atoms with Gasteiger partial charge in [-0.3, -0.25) is 0 Å². The summed E-state index contributed by atoms with van der Waals surface area (Å²) in [6.45, 7) is 4.51. The molecule has 0 aliphatic rings. The first kappa shape index (κ1) is 15.9. The van der Waals surface area contributed by atoms with Gasteiger partial charge in [-0.2, -0.15) is 0 Å². The highest BCUT2D eigenvalue weighted by Crippen LogP contribution is 2.17. The van der Waals surface area contributed by atoms with Gasteiger partial charge in [0, 0.05) is 6.54 Å². The Labute approximate surface area is 131 Å². The maximum absolute atomic E-state index is 11.9. The Balaban J connectivity index is 1.83. The quantitative estimate of drug-likeness (QED) is 0.886. The van der Waals surface area contributed by atoms with Crippen molar-refractivity contribution >= 4 is 6.03 Å². The van der Waals surface area contributed by atoms with E-state index in [1.165, 1.54) is 5.56 Å². The molecule has 4 heteroatoms. The zero-order chi connectivity index (χ0) is 15.9. The van der Waals surface area contributed by atoms with Gasteiger partial charge < -0.3 is 15.4 Å². The number of benzene rings is 2. The molecule has 1 atom stereocenters. The average Bonchev–Trinajstić information content (AvgIpc) is 2.54. The van der Waals surface area contributed by atoms with Crippen molar-refractivity contribution in [3.05, 3.63) is 65.2 Å². The Hall–Kier alpha value is -2.49. The molecule has 0 aliphatic heterocycles. The van der Waals surface area contributed by atoms with E-state index >= 15 is 0 Å². The molecule has 2 aromatic rings. The summed E-state index contributed by atoms with van der Waals surface area (Å²) < 4.78 is 5.13. The number of aryl methyl sites for hydroxylation is 1. The molecule has 2 N–H and O–H groups in total. The van der Waals surface area contributed by atoms with Crippen molar-refractivity contribution in [2.45, 2.75) is 26.4 Å². The Bertz CT molecular complexity index is 606. The van der Waals surface area contributed by atoms with Crippen LogP contribution in [-0.4, -0.2) is 13.1 Å². The van der Waals surface area contributed by atoms with Crippen LogP contribution in [0.4, 0.5) is 4.79 Å². The second-order valence-electron chi connectivity index (χ2n) is 5.31. The number of carbonyl (C=O) groups is 1. The molecule has 22 heavy (non-hydrogen) atoms. The van der Waals surface area contributed by atoms with E-state index in [2.05, 4.69) is 10.6 Å². The molecule has 4 nitrogen and oxygen atoms in total. The van der Waals surface area contributed by atoms with E-state index in [4.69, 9.17) is 4.74 Å². The van der Waals surface area contributed by atoms with Gasteiger partial charge in [0.1, 0.15) is 5.75 Å². The standard InChI is InChI=1S/C18H22N2O2/c1-13-4-6-15(7-5-13)12-19-18(21)20-14(2)16-8-10-17(22-3)11-9-16/h4-11,14H,12H2,1-3H3,(H2,19,20,21). The number of urea groups is 1. The van der Waals surface area contributed by atoms with Crippen LogP contribution in [0, 0.1) is 6.92 Å². The molecule has 0 saturated heterocycles. The molecule has 2 amide bonds. The van der Waals surface area contributed by atoms with Crippen molar-refractivity contribution in [1.82, 2.24) is 10.6 Å². The molecule has 0 radical (unpaired) electrons. The van der Waals surface area contributed by atoms with Gasteiger partial charge in [0.25, 0.3) is 0 Å². The van der Waals surface area contributed by atoms with Gasteiger partial charge in [-0.25, -0.2) is 4.79 Å². The van der Waals surface area contributed by atoms with Crippen LogP contribution in [0.25, 0.3) is 0 Å². The summed E-state index contributed by atoms with van der Waals surface area (Å²) in [6, 6.07) is 15.5. The Morgan fingerprint density at radius 2 is 1.73 bits per heavy atom. The third kappa shape index (κ3) is 4.52. The molecule has 0 bridgehead atoms. The topological polar surface area (TPSA) is 50.4 Å². The van der Waals surface area contributed by atoms with Crippen LogP contribution in [0.2, 0.25) is 0 Å². The summed E-state index contributed by atoms with van der Waals surface area (Å²) in [7, 11) is 1.63. The number of nitrogens with one attached hydrogen (secondary N) is 2. The first-order chi connectivity index (χ1) is 10.6. The predicted octanol–water partition coefficient (Wildman–Crippen LogP) is 3.56. The maximum Gasteiger partial charge on any atom is 0.315 e. The number of ether oxygens (including phenoxy) is 1. The van der Waals surface area contributed by atoms with E-state index in [0.717, 1.165) is 16.9 Å². The second-order valence-corrected chi connectivity index (χ2v) is 5.31. The van der Waals surface area contributed by atoms with E-state index in [-0.39, 0.29) is 12.1 Å². The average molecular weight is 298 g/mol. The lowest BCUT2D eigenvalue weighted by atomic mass is 10.1. The highest BCUT2D eigenvalue weighted by atomic mass is 16.5. The number of hydrogen-bond donors (Lipinski definition) is 2. The van der Waals surface area contributed by atoms with Crippen LogP contribution in [0.1, 0.15) is 29.7 Å². The SMILES string of the molecule is COc1ccc(C(C)NC(=O)NCc2ccc(C)cc2)cc1. The van der Waals surface area contributed by atoms with Gasteiger partial charge >= 0.3 is 6.03 Å². The third-order valence-electron chi connectivity index (χ3n) is 3.54. The molecule has 2 rings (SSSR count). The molecule has 0 saturated carbocycles. The summed E-state index contributed by atoms with van der Waals surface area (Å²) >= 11 is 0. The van der Waals surface area contributed by atoms with E-state index in [1.54, 1.807) is 7.11 Å². The van der Waals surface area contributed by atoms with E-state index in [0.29, 0.717) is 6.54 Å². The number of methoxy groups -OCH3 is 1. The maximum atomic E-state index is 11.9. The number of carbonyl (C=O) groups excluding carboxylic acids is 1. The van der Waals surface area contributed by atoms with Crippen molar-refractivity contribution in [2.24, 2.45) is 0 Å². The largest absolute Gasteiger partial charge is 0.497 e. The lowest BCUT2D eigenvalue weighted by Gasteiger charge is -2.15. The highest BCUT2D eigenvalue weighted by molar-refractivity contribution is 5.74. The molecule has 2 aromatic carbocycles. The van der Waals surface area contributed by atoms with E-state index in [9.17, 15) is 4.79 Å². The number of rotatable bonds is 5. The Kier molecular flexibility index (Phi) is 5.42. The zero-order valence-electron chi connectivity index (χ0n) is 13.2. The van der Waals surface area contributed by atoms with E-state index < -0.39 is 0 Å². The minimum absolute atomic E-state index is 0.0658. The number of hydrogen-bond acceptors (Lipinski definition) is 2. The van der Waals surface area contributed by atoms with Gasteiger partial charge in [0.05, 0.1) is 13.2 Å². The summed E-state index contributed by atoms with van der Waals surface area (Å²) in [5, 5.41) is 5.79. The molecule has 1 unspecified atom stereocenters. The van der Waals surface area contributed by atoms with Gasteiger partial charge in [0.15, 0.2) is 0 Å². The van der Waals surface area contributed by atoms with Crippen LogP contribution < -0.4 is 15.4 Å². The Morgan fingerprint density at radius 3 is 2.32 bits per heavy atom. The van der Waals surface area contributed by atoms with Crippen molar-refractivity contribution in [1.29, 1.82) is 0 Å². The number of amides is 2. The highest BCUT2D eigenvalue weighted by Gasteiger charge is 2.09. The van der Waals surface area contributed by atoms with Crippen molar-refractivity contribution in [3.8, 4) is 5.75 Å². The summed E-state index contributed by atoms with van der Waals surface area (Å²) in [5.74, 6) is 0.805. The Morgan fingerprint density at radius 1 is 1.09 bits per heavy atom. The summed E-state index contributed by atoms with van der Waals surface area (Å²) in [4.78, 5) is 11.9. The smallest absolute Gasteiger partial charge is 0.315 e. The second kappa shape index (κ2) is 7.50. The first-order valence-corrected chi connectivity index (χ1v) is 7.32. The molecular weight excluding hydrogens is 276 g/mol. The normalized spacial score (nSPS) is 11.6. The van der Waals surface area contributed by atoms with Crippen LogP contribution >= 0.6 is 0 Å². The summed E-state index contributed by atoms with van der Waals surface area (Å²) in [6.07, 6.45) is 0. The molecule has 116 valence electrons. The fourth-order valence-electron chi connectivity index (χ4n) is 2.11. The summed E-state index contributed by atoms with van der Waals surface area (Å²) in [5.41, 5.74) is 3.32. The molecule has 0 spiro atoms. The third-order valence-corrected chi connectivity index (χ3v) is 3.54. The molecule has 0 fully saturated rings. The monoisotopic (exact) mass is 298 g/mol. The minimum Gasteiger partial charge on any atom is -0.497 e. The van der Waals surface area contributed by atoms with Crippen molar-refractivity contribution < 1.29 is 9.53 Å². The van der Waals surface area contributed by atoms with Gasteiger partial charge in [-0.15, -0.1) is 0 Å².